The van der Waals surface area contributed by atoms with E-state index in [0.717, 1.165) is 24.8 Å². The molecule has 2 N–H and O–H groups in total. The molecule has 3 amide bonds. The van der Waals surface area contributed by atoms with E-state index in [1.54, 1.807) is 29.2 Å². The van der Waals surface area contributed by atoms with Crippen molar-refractivity contribution in [2.45, 2.75) is 76.9 Å². The third-order valence-electron chi connectivity index (χ3n) is 10.2. The second kappa shape index (κ2) is 11.6. The maximum Gasteiger partial charge on any atom is 0.322 e. The number of nitrogens with zero attached hydrogens (tertiary/aromatic N) is 2. The summed E-state index contributed by atoms with van der Waals surface area (Å²) in [6, 6.07) is 14.1. The number of carboxylic acid groups (broad SMARTS) is 1. The van der Waals surface area contributed by atoms with Gasteiger partial charge >= 0.3 is 5.97 Å². The monoisotopic (exact) mass is 585 g/mol. The summed E-state index contributed by atoms with van der Waals surface area (Å²) in [5.74, 6) is -1.35. The number of Topliss-reactive ketones (excluding diaryl/α,β-unsaturated/α-hetero) is 1. The van der Waals surface area contributed by atoms with Gasteiger partial charge in [0, 0.05) is 18.9 Å². The molecule has 0 radical (unpaired) electrons. The number of fused-ring (bicyclic) bond motifs is 1. The Morgan fingerprint density at radius 1 is 0.907 bits per heavy atom. The van der Waals surface area contributed by atoms with Crippen molar-refractivity contribution < 1.29 is 29.1 Å². The predicted octanol–water partition coefficient (Wildman–Crippen LogP) is 4.20. The van der Waals surface area contributed by atoms with E-state index < -0.39 is 42.2 Å². The molecule has 0 aromatic heterocycles. The standard InChI is InChI=1S/C34H39N3O6/c1-21(38)37-28(32(42)35-19-31(40)41)14-30(39)26-9-5-6-10-27(26)36(20-22-7-3-2-4-8-22)33(43)29(37)18-34-15-23-11-24(16-34)13-25(12-23)17-34/h2-10,23-25,28-29H,11-20H2,1H3,(H,35,42)(H,40,41)/t23?,24?,25?,28-,29+,34?/m0/s1. The molecule has 9 heteroatoms. The molecule has 1 heterocycles. The minimum Gasteiger partial charge on any atom is -0.480 e. The average molecular weight is 586 g/mol. The third-order valence-corrected chi connectivity index (χ3v) is 10.2. The Balaban J connectivity index is 1.47. The second-order valence-electron chi connectivity index (χ2n) is 13.2. The van der Waals surface area contributed by atoms with Crippen LogP contribution in [0.25, 0.3) is 0 Å². The number of para-hydroxylation sites is 1. The lowest BCUT2D eigenvalue weighted by Crippen LogP contribution is -2.60. The summed E-state index contributed by atoms with van der Waals surface area (Å²) in [6.07, 6.45) is 6.71. The number of amides is 3. The zero-order valence-electron chi connectivity index (χ0n) is 24.5. The number of anilines is 1. The molecule has 7 rings (SSSR count). The quantitative estimate of drug-likeness (QED) is 0.502. The van der Waals surface area contributed by atoms with Gasteiger partial charge in [0.05, 0.1) is 12.2 Å². The Kier molecular flexibility index (Phi) is 7.83. The van der Waals surface area contributed by atoms with Crippen LogP contribution in [0.5, 0.6) is 0 Å². The van der Waals surface area contributed by atoms with Crippen molar-refractivity contribution in [2.75, 3.05) is 11.4 Å². The molecule has 4 saturated carbocycles. The summed E-state index contributed by atoms with van der Waals surface area (Å²) in [5.41, 5.74) is 1.49. The minimum absolute atomic E-state index is 0.124. The highest BCUT2D eigenvalue weighted by atomic mass is 16.4. The fraction of sp³-hybridized carbons (Fsp3) is 0.500. The zero-order valence-corrected chi connectivity index (χ0v) is 24.5. The molecule has 4 fully saturated rings. The van der Waals surface area contributed by atoms with E-state index in [0.29, 0.717) is 35.4 Å². The van der Waals surface area contributed by atoms with E-state index >= 15 is 0 Å². The maximum absolute atomic E-state index is 15.0. The Bertz CT molecular complexity index is 1400. The van der Waals surface area contributed by atoms with Crippen LogP contribution in [0.4, 0.5) is 5.69 Å². The van der Waals surface area contributed by atoms with Crippen LogP contribution in [0, 0.1) is 23.2 Å². The van der Waals surface area contributed by atoms with Crippen LogP contribution in [0.1, 0.15) is 74.2 Å². The normalized spacial score (nSPS) is 29.8. The number of carboxylic acids is 1. The molecule has 0 spiro atoms. The van der Waals surface area contributed by atoms with Crippen LogP contribution < -0.4 is 10.2 Å². The van der Waals surface area contributed by atoms with Crippen LogP contribution in [0.15, 0.2) is 54.6 Å². The molecule has 1 aliphatic heterocycles. The van der Waals surface area contributed by atoms with Gasteiger partial charge in [0.15, 0.2) is 5.78 Å². The van der Waals surface area contributed by atoms with Crippen molar-refractivity contribution in [3.05, 3.63) is 65.7 Å². The smallest absolute Gasteiger partial charge is 0.322 e. The van der Waals surface area contributed by atoms with Crippen LogP contribution in [0.3, 0.4) is 0 Å². The Morgan fingerprint density at radius 2 is 1.51 bits per heavy atom. The first-order valence-corrected chi connectivity index (χ1v) is 15.4. The van der Waals surface area contributed by atoms with Gasteiger partial charge in [-0.1, -0.05) is 42.5 Å². The predicted molar refractivity (Wildman–Crippen MR) is 159 cm³/mol. The Hall–Kier alpha value is -4.01. The largest absolute Gasteiger partial charge is 0.480 e. The Labute approximate surface area is 251 Å². The van der Waals surface area contributed by atoms with Gasteiger partial charge in [-0.05, 0) is 85.8 Å². The second-order valence-corrected chi connectivity index (χ2v) is 13.2. The molecule has 4 bridgehead atoms. The molecule has 9 nitrogen and oxygen atoms in total. The fourth-order valence-corrected chi connectivity index (χ4v) is 8.97. The molecule has 5 aliphatic rings. The lowest BCUT2D eigenvalue weighted by atomic mass is 9.48. The van der Waals surface area contributed by atoms with Crippen molar-refractivity contribution in [3.8, 4) is 0 Å². The summed E-state index contributed by atoms with van der Waals surface area (Å²) >= 11 is 0. The first-order valence-electron chi connectivity index (χ1n) is 15.4. The zero-order chi connectivity index (χ0) is 30.3. The van der Waals surface area contributed by atoms with E-state index in [1.165, 1.54) is 31.1 Å². The third kappa shape index (κ3) is 5.82. The van der Waals surface area contributed by atoms with E-state index in [2.05, 4.69) is 5.32 Å². The van der Waals surface area contributed by atoms with Crippen molar-refractivity contribution in [1.82, 2.24) is 10.2 Å². The summed E-state index contributed by atoms with van der Waals surface area (Å²) in [5, 5.41) is 11.6. The number of hydrogen-bond acceptors (Lipinski definition) is 5. The summed E-state index contributed by atoms with van der Waals surface area (Å²) in [6.45, 7) is 0.872. The van der Waals surface area contributed by atoms with Gasteiger partial charge in [0.25, 0.3) is 0 Å². The van der Waals surface area contributed by atoms with Crippen LogP contribution in [0.2, 0.25) is 0 Å². The van der Waals surface area contributed by atoms with E-state index in [9.17, 15) is 29.1 Å². The van der Waals surface area contributed by atoms with E-state index in [1.807, 2.05) is 30.3 Å². The molecule has 2 aromatic carbocycles. The molecule has 0 saturated heterocycles. The fourth-order valence-electron chi connectivity index (χ4n) is 8.97. The molecular weight excluding hydrogens is 546 g/mol. The number of nitrogens with one attached hydrogen (secondary N) is 1. The van der Waals surface area contributed by atoms with Crippen LogP contribution in [-0.4, -0.2) is 58.1 Å². The number of carbonyl (C=O) groups is 5. The van der Waals surface area contributed by atoms with E-state index in [-0.39, 0.29) is 24.3 Å². The summed E-state index contributed by atoms with van der Waals surface area (Å²) in [7, 11) is 0. The molecule has 4 aliphatic carbocycles. The molecule has 43 heavy (non-hydrogen) atoms. The van der Waals surface area contributed by atoms with Crippen LogP contribution >= 0.6 is 0 Å². The van der Waals surface area contributed by atoms with Gasteiger partial charge in [-0.25, -0.2) is 0 Å². The molecule has 2 aromatic rings. The summed E-state index contributed by atoms with van der Waals surface area (Å²) in [4.78, 5) is 70.3. The maximum atomic E-state index is 15.0. The first-order chi connectivity index (χ1) is 20.6. The lowest BCUT2D eigenvalue weighted by molar-refractivity contribution is -0.150. The highest BCUT2D eigenvalue weighted by molar-refractivity contribution is 6.10. The van der Waals surface area contributed by atoms with Gasteiger partial charge in [-0.3, -0.25) is 24.0 Å². The number of aliphatic carboxylic acids is 1. The first kappa shape index (κ1) is 29.1. The van der Waals surface area contributed by atoms with Crippen molar-refractivity contribution in [1.29, 1.82) is 0 Å². The average Bonchev–Trinajstić information content (AvgIpc) is 2.99. The van der Waals surface area contributed by atoms with Gasteiger partial charge in [-0.15, -0.1) is 0 Å². The van der Waals surface area contributed by atoms with Gasteiger partial charge in [-0.2, -0.15) is 0 Å². The molecule has 226 valence electrons. The lowest BCUT2D eigenvalue weighted by Gasteiger charge is -2.58. The van der Waals surface area contributed by atoms with Crippen molar-refractivity contribution in [3.63, 3.8) is 0 Å². The SMILES string of the molecule is CC(=O)N1[C@H](CC23CC4CC(CC(C4)C2)C3)C(=O)N(Cc2ccccc2)c2ccccc2C(=O)C[C@H]1C(=O)NCC(=O)O. The summed E-state index contributed by atoms with van der Waals surface area (Å²) < 4.78 is 0. The van der Waals surface area contributed by atoms with Gasteiger partial charge in [0.2, 0.25) is 17.7 Å². The minimum atomic E-state index is -1.32. The van der Waals surface area contributed by atoms with Gasteiger partial charge < -0.3 is 20.2 Å². The molecule has 0 unspecified atom stereocenters. The topological polar surface area (TPSA) is 124 Å². The van der Waals surface area contributed by atoms with E-state index in [4.69, 9.17) is 0 Å². The number of ketones is 1. The molecule has 2 atom stereocenters. The van der Waals surface area contributed by atoms with Crippen LogP contribution in [-0.2, 0) is 25.7 Å². The Morgan fingerprint density at radius 3 is 2.12 bits per heavy atom. The van der Waals surface area contributed by atoms with Crippen molar-refractivity contribution in [2.24, 2.45) is 23.2 Å². The number of carbonyl (C=O) groups excluding carboxylic acids is 4. The number of hydrogen-bond donors (Lipinski definition) is 2. The highest BCUT2D eigenvalue weighted by Gasteiger charge is 2.54. The highest BCUT2D eigenvalue weighted by Crippen LogP contribution is 2.62. The molecular formula is C34H39N3O6. The van der Waals surface area contributed by atoms with Crippen molar-refractivity contribution >= 4 is 35.2 Å². The number of rotatable bonds is 7. The number of benzene rings is 2. The van der Waals surface area contributed by atoms with Gasteiger partial charge in [0.1, 0.15) is 18.6 Å².